The van der Waals surface area contributed by atoms with Crippen molar-refractivity contribution in [3.63, 3.8) is 0 Å². The van der Waals surface area contributed by atoms with E-state index in [0.717, 1.165) is 12.8 Å². The van der Waals surface area contributed by atoms with Gasteiger partial charge in [-0.3, -0.25) is 4.79 Å². The number of Topliss-reactive ketones (excluding diaryl/α,β-unsaturated/α-hetero) is 1. The molecule has 0 amide bonds. The minimum atomic E-state index is 0.108. The Morgan fingerprint density at radius 1 is 1.21 bits per heavy atom. The second kappa shape index (κ2) is 5.38. The molecular weight excluding hydrogens is 219 g/mol. The molecule has 0 unspecified atom stereocenters. The van der Waals surface area contributed by atoms with Gasteiger partial charge in [0.15, 0.2) is 5.78 Å². The number of halogens is 2. The van der Waals surface area contributed by atoms with Crippen molar-refractivity contribution in [2.45, 2.75) is 26.2 Å². The van der Waals surface area contributed by atoms with Gasteiger partial charge in [0.25, 0.3) is 0 Å². The fourth-order valence-corrected chi connectivity index (χ4v) is 1.72. The van der Waals surface area contributed by atoms with Crippen molar-refractivity contribution in [3.05, 3.63) is 33.8 Å². The highest BCUT2D eigenvalue weighted by Crippen LogP contribution is 2.20. The zero-order valence-corrected chi connectivity index (χ0v) is 9.53. The number of hydrogen-bond acceptors (Lipinski definition) is 1. The van der Waals surface area contributed by atoms with Crippen LogP contribution >= 0.6 is 23.2 Å². The Morgan fingerprint density at radius 2 is 1.79 bits per heavy atom. The molecule has 0 atom stereocenters. The maximum atomic E-state index is 11.6. The van der Waals surface area contributed by atoms with Gasteiger partial charge in [-0.2, -0.15) is 0 Å². The first-order chi connectivity index (χ1) is 6.63. The van der Waals surface area contributed by atoms with Crippen LogP contribution in [-0.4, -0.2) is 5.78 Å². The molecule has 0 saturated heterocycles. The highest BCUT2D eigenvalue weighted by Gasteiger charge is 2.06. The van der Waals surface area contributed by atoms with Crippen molar-refractivity contribution in [1.29, 1.82) is 0 Å². The van der Waals surface area contributed by atoms with Crippen molar-refractivity contribution >= 4 is 29.0 Å². The molecule has 0 aromatic heterocycles. The SMILES string of the molecule is CCCCC(=O)c1cc(Cl)cc(Cl)c1. The summed E-state index contributed by atoms with van der Waals surface area (Å²) >= 11 is 11.6. The van der Waals surface area contributed by atoms with Gasteiger partial charge in [0, 0.05) is 22.0 Å². The van der Waals surface area contributed by atoms with Crippen LogP contribution < -0.4 is 0 Å². The van der Waals surface area contributed by atoms with E-state index >= 15 is 0 Å². The summed E-state index contributed by atoms with van der Waals surface area (Å²) in [5.74, 6) is 0.108. The Bertz CT molecular complexity index is 314. The molecule has 1 rings (SSSR count). The van der Waals surface area contributed by atoms with Gasteiger partial charge >= 0.3 is 0 Å². The normalized spacial score (nSPS) is 10.2. The highest BCUT2D eigenvalue weighted by atomic mass is 35.5. The van der Waals surface area contributed by atoms with E-state index in [9.17, 15) is 4.79 Å². The van der Waals surface area contributed by atoms with Crippen molar-refractivity contribution in [3.8, 4) is 0 Å². The lowest BCUT2D eigenvalue weighted by atomic mass is 10.1. The summed E-state index contributed by atoms with van der Waals surface area (Å²) < 4.78 is 0. The van der Waals surface area contributed by atoms with E-state index in [4.69, 9.17) is 23.2 Å². The van der Waals surface area contributed by atoms with Crippen molar-refractivity contribution in [1.82, 2.24) is 0 Å². The largest absolute Gasteiger partial charge is 0.294 e. The zero-order chi connectivity index (χ0) is 10.6. The second-order valence-corrected chi connectivity index (χ2v) is 4.06. The minimum absolute atomic E-state index is 0.108. The average molecular weight is 231 g/mol. The number of hydrogen-bond donors (Lipinski definition) is 0. The number of ketones is 1. The second-order valence-electron chi connectivity index (χ2n) is 3.18. The summed E-state index contributed by atoms with van der Waals surface area (Å²) in [5.41, 5.74) is 0.607. The summed E-state index contributed by atoms with van der Waals surface area (Å²) in [6.07, 6.45) is 2.48. The summed E-state index contributed by atoms with van der Waals surface area (Å²) in [5, 5.41) is 1.02. The van der Waals surface area contributed by atoms with E-state index in [0.29, 0.717) is 22.0 Å². The molecule has 0 spiro atoms. The van der Waals surface area contributed by atoms with Gasteiger partial charge in [0.05, 0.1) is 0 Å². The fourth-order valence-electron chi connectivity index (χ4n) is 1.20. The lowest BCUT2D eigenvalue weighted by Crippen LogP contribution is -1.98. The van der Waals surface area contributed by atoms with Crippen LogP contribution in [0.4, 0.5) is 0 Å². The third-order valence-electron chi connectivity index (χ3n) is 1.94. The smallest absolute Gasteiger partial charge is 0.162 e. The van der Waals surface area contributed by atoms with Crippen molar-refractivity contribution in [2.24, 2.45) is 0 Å². The molecular formula is C11H12Cl2O. The standard InChI is InChI=1S/C11H12Cl2O/c1-2-3-4-11(14)8-5-9(12)7-10(13)6-8/h5-7H,2-4H2,1H3. The lowest BCUT2D eigenvalue weighted by Gasteiger charge is -2.01. The van der Waals surface area contributed by atoms with Crippen LogP contribution in [0, 0.1) is 0 Å². The van der Waals surface area contributed by atoms with Crippen LogP contribution in [0.3, 0.4) is 0 Å². The first-order valence-corrected chi connectivity index (χ1v) is 5.38. The highest BCUT2D eigenvalue weighted by molar-refractivity contribution is 6.35. The number of carbonyl (C=O) groups excluding carboxylic acids is 1. The molecule has 0 fully saturated rings. The van der Waals surface area contributed by atoms with Gasteiger partial charge in [-0.15, -0.1) is 0 Å². The number of benzene rings is 1. The molecule has 0 saturated carbocycles. The maximum absolute atomic E-state index is 11.6. The molecule has 0 radical (unpaired) electrons. The molecule has 3 heteroatoms. The van der Waals surface area contributed by atoms with Gasteiger partial charge in [-0.25, -0.2) is 0 Å². The van der Waals surface area contributed by atoms with Gasteiger partial charge in [-0.1, -0.05) is 36.5 Å². The maximum Gasteiger partial charge on any atom is 0.162 e. The minimum Gasteiger partial charge on any atom is -0.294 e. The number of carbonyl (C=O) groups is 1. The van der Waals surface area contributed by atoms with E-state index in [1.54, 1.807) is 18.2 Å². The van der Waals surface area contributed by atoms with E-state index < -0.39 is 0 Å². The Labute approximate surface area is 94.0 Å². The summed E-state index contributed by atoms with van der Waals surface area (Å²) in [6.45, 7) is 2.05. The van der Waals surface area contributed by atoms with Crippen LogP contribution in [0.15, 0.2) is 18.2 Å². The first-order valence-electron chi connectivity index (χ1n) is 4.62. The third-order valence-corrected chi connectivity index (χ3v) is 2.38. The summed E-state index contributed by atoms with van der Waals surface area (Å²) in [6, 6.07) is 4.94. The molecule has 0 bridgehead atoms. The van der Waals surface area contributed by atoms with E-state index in [1.165, 1.54) is 0 Å². The Hall–Kier alpha value is -0.530. The monoisotopic (exact) mass is 230 g/mol. The predicted octanol–water partition coefficient (Wildman–Crippen LogP) is 4.37. The summed E-state index contributed by atoms with van der Waals surface area (Å²) in [7, 11) is 0. The van der Waals surface area contributed by atoms with Gasteiger partial charge in [-0.05, 0) is 24.6 Å². The molecule has 1 aromatic carbocycles. The quantitative estimate of drug-likeness (QED) is 0.703. The number of rotatable bonds is 4. The fraction of sp³-hybridized carbons (Fsp3) is 0.364. The molecule has 0 aliphatic heterocycles. The van der Waals surface area contributed by atoms with Crippen LogP contribution in [0.2, 0.25) is 10.0 Å². The molecule has 0 heterocycles. The van der Waals surface area contributed by atoms with Gasteiger partial charge < -0.3 is 0 Å². The van der Waals surface area contributed by atoms with Gasteiger partial charge in [0.2, 0.25) is 0 Å². The molecule has 1 nitrogen and oxygen atoms in total. The molecule has 14 heavy (non-hydrogen) atoms. The average Bonchev–Trinajstić information content (AvgIpc) is 2.12. The topological polar surface area (TPSA) is 17.1 Å². The molecule has 0 aliphatic carbocycles. The Kier molecular flexibility index (Phi) is 4.43. The van der Waals surface area contributed by atoms with Crippen molar-refractivity contribution in [2.75, 3.05) is 0 Å². The number of unbranched alkanes of at least 4 members (excludes halogenated alkanes) is 1. The zero-order valence-electron chi connectivity index (χ0n) is 8.02. The van der Waals surface area contributed by atoms with Crippen LogP contribution in [0.5, 0.6) is 0 Å². The predicted molar refractivity (Wildman–Crippen MR) is 60.3 cm³/mol. The van der Waals surface area contributed by atoms with Crippen LogP contribution in [-0.2, 0) is 0 Å². The Balaban J connectivity index is 2.79. The van der Waals surface area contributed by atoms with E-state index in [2.05, 4.69) is 6.92 Å². The molecule has 0 N–H and O–H groups in total. The van der Waals surface area contributed by atoms with E-state index in [-0.39, 0.29) is 5.78 Å². The van der Waals surface area contributed by atoms with Gasteiger partial charge in [0.1, 0.15) is 0 Å². The van der Waals surface area contributed by atoms with Crippen LogP contribution in [0.25, 0.3) is 0 Å². The molecule has 76 valence electrons. The third kappa shape index (κ3) is 3.32. The van der Waals surface area contributed by atoms with Crippen LogP contribution in [0.1, 0.15) is 36.5 Å². The summed E-state index contributed by atoms with van der Waals surface area (Å²) in [4.78, 5) is 11.6. The lowest BCUT2D eigenvalue weighted by molar-refractivity contribution is 0.0980. The first kappa shape index (κ1) is 11.5. The van der Waals surface area contributed by atoms with E-state index in [1.807, 2.05) is 0 Å². The molecule has 0 aliphatic rings. The Morgan fingerprint density at radius 3 is 2.29 bits per heavy atom. The molecule has 1 aromatic rings. The van der Waals surface area contributed by atoms with Crippen molar-refractivity contribution < 1.29 is 4.79 Å².